The van der Waals surface area contributed by atoms with Gasteiger partial charge in [-0.3, -0.25) is 0 Å². The quantitative estimate of drug-likeness (QED) is 0.754. The average molecular weight is 178 g/mol. The van der Waals surface area contributed by atoms with Crippen molar-refractivity contribution in [2.75, 3.05) is 0 Å². The molecule has 1 aromatic rings. The van der Waals surface area contributed by atoms with Crippen LogP contribution in [0.5, 0.6) is 0 Å². The van der Waals surface area contributed by atoms with Gasteiger partial charge in [-0.2, -0.15) is 0 Å². The summed E-state index contributed by atoms with van der Waals surface area (Å²) in [4.78, 5) is 0. The summed E-state index contributed by atoms with van der Waals surface area (Å²) in [6, 6.07) is 10.2. The van der Waals surface area contributed by atoms with Crippen molar-refractivity contribution in [1.29, 1.82) is 0 Å². The second-order valence-electron chi connectivity index (χ2n) is 3.92. The molecule has 1 heteroatoms. The van der Waals surface area contributed by atoms with Crippen molar-refractivity contribution in [2.45, 2.75) is 32.8 Å². The Labute approximate surface area is 80.4 Å². The molecule has 0 spiro atoms. The largest absolute Gasteiger partial charge is 0.393 e. The normalized spacial score (nSPS) is 15.8. The Morgan fingerprint density at radius 1 is 1.00 bits per heavy atom. The standard InChI is InChI=1S/C12H18O/c1-9(2)12(10(3)13)11-7-5-4-6-8-11/h4-10,12-13H,1-3H3/t10-,12?/m1/s1. The Bertz CT molecular complexity index is 231. The molecule has 0 heterocycles. The van der Waals surface area contributed by atoms with Crippen LogP contribution in [0.1, 0.15) is 32.3 Å². The third-order valence-corrected chi connectivity index (χ3v) is 2.42. The van der Waals surface area contributed by atoms with Crippen LogP contribution in [-0.2, 0) is 0 Å². The van der Waals surface area contributed by atoms with E-state index >= 15 is 0 Å². The van der Waals surface area contributed by atoms with Gasteiger partial charge in [-0.05, 0) is 18.4 Å². The zero-order valence-corrected chi connectivity index (χ0v) is 8.57. The maximum atomic E-state index is 9.64. The van der Waals surface area contributed by atoms with Crippen molar-refractivity contribution in [3.8, 4) is 0 Å². The molecule has 0 aromatic heterocycles. The minimum absolute atomic E-state index is 0.251. The summed E-state index contributed by atoms with van der Waals surface area (Å²) in [7, 11) is 0. The van der Waals surface area contributed by atoms with Gasteiger partial charge in [-0.1, -0.05) is 44.2 Å². The highest BCUT2D eigenvalue weighted by Gasteiger charge is 2.20. The Hall–Kier alpha value is -0.820. The molecule has 0 radical (unpaired) electrons. The topological polar surface area (TPSA) is 20.2 Å². The number of hydrogen-bond acceptors (Lipinski definition) is 1. The van der Waals surface area contributed by atoms with Crippen molar-refractivity contribution in [1.82, 2.24) is 0 Å². The summed E-state index contributed by atoms with van der Waals surface area (Å²) < 4.78 is 0. The zero-order valence-electron chi connectivity index (χ0n) is 8.57. The van der Waals surface area contributed by atoms with E-state index in [-0.39, 0.29) is 12.0 Å². The van der Waals surface area contributed by atoms with Gasteiger partial charge in [0.25, 0.3) is 0 Å². The molecule has 72 valence electrons. The monoisotopic (exact) mass is 178 g/mol. The van der Waals surface area contributed by atoms with Crippen LogP contribution in [0.25, 0.3) is 0 Å². The summed E-state index contributed by atoms with van der Waals surface area (Å²) in [5.74, 6) is 0.726. The van der Waals surface area contributed by atoms with Crippen LogP contribution < -0.4 is 0 Å². The molecule has 0 saturated carbocycles. The van der Waals surface area contributed by atoms with E-state index in [4.69, 9.17) is 0 Å². The lowest BCUT2D eigenvalue weighted by Crippen LogP contribution is -2.19. The molecule has 0 fully saturated rings. The van der Waals surface area contributed by atoms with Gasteiger partial charge in [-0.15, -0.1) is 0 Å². The fourth-order valence-electron chi connectivity index (χ4n) is 1.90. The molecule has 1 N–H and O–H groups in total. The van der Waals surface area contributed by atoms with Crippen LogP contribution >= 0.6 is 0 Å². The SMILES string of the molecule is CC(C)C(c1ccccc1)[C@@H](C)O. The van der Waals surface area contributed by atoms with Gasteiger partial charge in [0, 0.05) is 5.92 Å². The first-order chi connectivity index (χ1) is 6.13. The van der Waals surface area contributed by atoms with E-state index in [0.717, 1.165) is 0 Å². The van der Waals surface area contributed by atoms with Gasteiger partial charge in [0.2, 0.25) is 0 Å². The van der Waals surface area contributed by atoms with E-state index in [2.05, 4.69) is 26.0 Å². The molecule has 1 aromatic carbocycles. The number of aliphatic hydroxyl groups excluding tert-OH is 1. The van der Waals surface area contributed by atoms with E-state index in [9.17, 15) is 5.11 Å². The first kappa shape index (κ1) is 10.3. The molecule has 0 aliphatic heterocycles. The van der Waals surface area contributed by atoms with Crippen molar-refractivity contribution < 1.29 is 5.11 Å². The molecule has 2 atom stereocenters. The molecule has 0 bridgehead atoms. The zero-order chi connectivity index (χ0) is 9.84. The highest BCUT2D eigenvalue weighted by molar-refractivity contribution is 5.20. The van der Waals surface area contributed by atoms with E-state index in [0.29, 0.717) is 5.92 Å². The Balaban J connectivity index is 2.89. The Kier molecular flexibility index (Phi) is 3.49. The minimum atomic E-state index is -0.276. The molecule has 0 amide bonds. The van der Waals surface area contributed by atoms with Crippen LogP contribution in [-0.4, -0.2) is 11.2 Å². The molecule has 13 heavy (non-hydrogen) atoms. The maximum Gasteiger partial charge on any atom is 0.0583 e. The molecular formula is C12H18O. The predicted molar refractivity (Wildman–Crippen MR) is 55.7 cm³/mol. The molecule has 1 rings (SSSR count). The third kappa shape index (κ3) is 2.56. The maximum absolute atomic E-state index is 9.64. The van der Waals surface area contributed by atoms with Crippen LogP contribution in [0, 0.1) is 5.92 Å². The van der Waals surface area contributed by atoms with Gasteiger partial charge < -0.3 is 5.11 Å². The first-order valence-electron chi connectivity index (χ1n) is 4.86. The number of hydrogen-bond donors (Lipinski definition) is 1. The molecule has 0 saturated heterocycles. The second kappa shape index (κ2) is 4.43. The Morgan fingerprint density at radius 2 is 1.54 bits per heavy atom. The Morgan fingerprint density at radius 3 is 1.92 bits per heavy atom. The van der Waals surface area contributed by atoms with Crippen LogP contribution in [0.2, 0.25) is 0 Å². The number of benzene rings is 1. The summed E-state index contributed by atoms with van der Waals surface area (Å²) in [6.45, 7) is 6.15. The summed E-state index contributed by atoms with van der Waals surface area (Å²) in [5.41, 5.74) is 1.23. The van der Waals surface area contributed by atoms with Gasteiger partial charge in [0.15, 0.2) is 0 Å². The summed E-state index contributed by atoms with van der Waals surface area (Å²) in [5, 5.41) is 9.64. The van der Waals surface area contributed by atoms with Crippen LogP contribution in [0.4, 0.5) is 0 Å². The predicted octanol–water partition coefficient (Wildman–Crippen LogP) is 2.81. The molecule has 1 nitrogen and oxygen atoms in total. The lowest BCUT2D eigenvalue weighted by atomic mass is 9.85. The van der Waals surface area contributed by atoms with Gasteiger partial charge >= 0.3 is 0 Å². The van der Waals surface area contributed by atoms with E-state index in [1.165, 1.54) is 5.56 Å². The molecule has 1 unspecified atom stereocenters. The van der Waals surface area contributed by atoms with Crippen molar-refractivity contribution >= 4 is 0 Å². The van der Waals surface area contributed by atoms with E-state index in [1.807, 2.05) is 25.1 Å². The van der Waals surface area contributed by atoms with Crippen molar-refractivity contribution in [3.63, 3.8) is 0 Å². The van der Waals surface area contributed by atoms with Gasteiger partial charge in [0.1, 0.15) is 0 Å². The highest BCUT2D eigenvalue weighted by Crippen LogP contribution is 2.27. The smallest absolute Gasteiger partial charge is 0.0583 e. The molecule has 0 aliphatic carbocycles. The molecule has 0 aliphatic rings. The van der Waals surface area contributed by atoms with Crippen molar-refractivity contribution in [2.24, 2.45) is 5.92 Å². The summed E-state index contributed by atoms with van der Waals surface area (Å²) in [6.07, 6.45) is -0.276. The fraction of sp³-hybridized carbons (Fsp3) is 0.500. The average Bonchev–Trinajstić information content (AvgIpc) is 2.04. The van der Waals surface area contributed by atoms with E-state index in [1.54, 1.807) is 0 Å². The fourth-order valence-corrected chi connectivity index (χ4v) is 1.90. The molecular weight excluding hydrogens is 160 g/mol. The van der Waals surface area contributed by atoms with Crippen LogP contribution in [0.15, 0.2) is 30.3 Å². The number of aliphatic hydroxyl groups is 1. The second-order valence-corrected chi connectivity index (χ2v) is 3.92. The van der Waals surface area contributed by atoms with Gasteiger partial charge in [-0.25, -0.2) is 0 Å². The lowest BCUT2D eigenvalue weighted by molar-refractivity contribution is 0.140. The van der Waals surface area contributed by atoms with Crippen molar-refractivity contribution in [3.05, 3.63) is 35.9 Å². The van der Waals surface area contributed by atoms with Gasteiger partial charge in [0.05, 0.1) is 6.10 Å². The number of rotatable bonds is 3. The third-order valence-electron chi connectivity index (χ3n) is 2.42. The van der Waals surface area contributed by atoms with Crippen LogP contribution in [0.3, 0.4) is 0 Å². The first-order valence-corrected chi connectivity index (χ1v) is 4.86. The lowest BCUT2D eigenvalue weighted by Gasteiger charge is -2.24. The van der Waals surface area contributed by atoms with E-state index < -0.39 is 0 Å². The minimum Gasteiger partial charge on any atom is -0.393 e. The summed E-state index contributed by atoms with van der Waals surface area (Å²) >= 11 is 0. The highest BCUT2D eigenvalue weighted by atomic mass is 16.3.